The highest BCUT2D eigenvalue weighted by molar-refractivity contribution is 7.80. The molecule has 0 aromatic heterocycles. The number of nitrogens with zero attached hydrogens (tertiary/aromatic N) is 1. The average molecular weight is 253 g/mol. The van der Waals surface area contributed by atoms with Crippen LogP contribution in [-0.4, -0.2) is 37.3 Å². The van der Waals surface area contributed by atoms with Gasteiger partial charge in [0.25, 0.3) is 5.91 Å². The van der Waals surface area contributed by atoms with Crippen LogP contribution in [0.2, 0.25) is 0 Å². The number of fused-ring (bicyclic) bond motifs is 1. The van der Waals surface area contributed by atoms with E-state index in [-0.39, 0.29) is 5.91 Å². The average Bonchev–Trinajstić information content (AvgIpc) is 2.66. The van der Waals surface area contributed by atoms with Crippen LogP contribution in [0.4, 0.5) is 0 Å². The van der Waals surface area contributed by atoms with E-state index in [1.54, 1.807) is 31.3 Å². The summed E-state index contributed by atoms with van der Waals surface area (Å²) in [5.74, 6) is 2.00. The molecular formula is C12H15NO3S. The second-order valence-corrected chi connectivity index (χ2v) is 4.22. The van der Waals surface area contributed by atoms with Crippen molar-refractivity contribution in [3.63, 3.8) is 0 Å². The number of hydrogen-bond donors (Lipinski definition) is 1. The molecule has 2 rings (SSSR count). The normalized spacial score (nSPS) is 13.8. The molecule has 1 aromatic carbocycles. The van der Waals surface area contributed by atoms with Crippen molar-refractivity contribution in [2.45, 2.75) is 6.54 Å². The van der Waals surface area contributed by atoms with Crippen LogP contribution in [0, 0.1) is 0 Å². The van der Waals surface area contributed by atoms with Crippen LogP contribution in [0.5, 0.6) is 11.5 Å². The number of amides is 1. The van der Waals surface area contributed by atoms with Crippen LogP contribution in [-0.2, 0) is 6.54 Å². The molecule has 0 unspecified atom stereocenters. The second kappa shape index (κ2) is 4.87. The summed E-state index contributed by atoms with van der Waals surface area (Å²) in [6, 6.07) is 3.55. The Morgan fingerprint density at radius 3 is 2.71 bits per heavy atom. The fraction of sp³-hybridized carbons (Fsp3) is 0.417. The lowest BCUT2D eigenvalue weighted by Crippen LogP contribution is -2.25. The third kappa shape index (κ3) is 1.95. The summed E-state index contributed by atoms with van der Waals surface area (Å²) in [4.78, 5) is 13.8. The van der Waals surface area contributed by atoms with Gasteiger partial charge in [0.05, 0.1) is 20.8 Å². The summed E-state index contributed by atoms with van der Waals surface area (Å²) in [6.07, 6.45) is 0. The van der Waals surface area contributed by atoms with Gasteiger partial charge in [-0.25, -0.2) is 0 Å². The summed E-state index contributed by atoms with van der Waals surface area (Å²) >= 11 is 4.15. The Bertz CT molecular complexity index is 448. The van der Waals surface area contributed by atoms with Crippen molar-refractivity contribution < 1.29 is 14.3 Å². The van der Waals surface area contributed by atoms with Crippen molar-refractivity contribution in [2.75, 3.05) is 26.5 Å². The van der Waals surface area contributed by atoms with Crippen LogP contribution in [0.1, 0.15) is 15.9 Å². The first-order valence-electron chi connectivity index (χ1n) is 5.37. The second-order valence-electron chi connectivity index (χ2n) is 3.78. The highest BCUT2D eigenvalue weighted by Gasteiger charge is 2.30. The Balaban J connectivity index is 2.43. The molecule has 5 heteroatoms. The van der Waals surface area contributed by atoms with E-state index in [4.69, 9.17) is 9.47 Å². The van der Waals surface area contributed by atoms with E-state index < -0.39 is 0 Å². The predicted molar refractivity (Wildman–Crippen MR) is 68.1 cm³/mol. The van der Waals surface area contributed by atoms with Gasteiger partial charge in [-0.1, -0.05) is 0 Å². The van der Waals surface area contributed by atoms with Crippen molar-refractivity contribution >= 4 is 18.5 Å². The highest BCUT2D eigenvalue weighted by atomic mass is 32.1. The van der Waals surface area contributed by atoms with Gasteiger partial charge in [-0.05, 0) is 12.1 Å². The fourth-order valence-corrected chi connectivity index (χ4v) is 2.32. The summed E-state index contributed by atoms with van der Waals surface area (Å²) in [6.45, 7) is 1.21. The number of rotatable bonds is 4. The van der Waals surface area contributed by atoms with Gasteiger partial charge in [-0.15, -0.1) is 0 Å². The van der Waals surface area contributed by atoms with Gasteiger partial charge in [0, 0.05) is 23.4 Å². The van der Waals surface area contributed by atoms with Crippen molar-refractivity contribution in [3.8, 4) is 11.5 Å². The van der Waals surface area contributed by atoms with Gasteiger partial charge in [0.15, 0.2) is 11.5 Å². The third-order valence-electron chi connectivity index (χ3n) is 2.88. The number of carbonyl (C=O) groups excluding carboxylic acids is 1. The summed E-state index contributed by atoms with van der Waals surface area (Å²) < 4.78 is 10.6. The quantitative estimate of drug-likeness (QED) is 0.828. The standard InChI is InChI=1S/C12H15NO3S/c1-15-10-4-3-8-9(11(10)16-2)7-13(5-6-17)12(8)14/h3-4,17H,5-7H2,1-2H3. The minimum absolute atomic E-state index is 0.0370. The van der Waals surface area contributed by atoms with Crippen molar-refractivity contribution in [1.82, 2.24) is 4.90 Å². The number of hydrogen-bond acceptors (Lipinski definition) is 4. The van der Waals surface area contributed by atoms with Crippen LogP contribution in [0.25, 0.3) is 0 Å². The monoisotopic (exact) mass is 253 g/mol. The van der Waals surface area contributed by atoms with Gasteiger partial charge in [0.1, 0.15) is 0 Å². The lowest BCUT2D eigenvalue weighted by atomic mass is 10.1. The molecule has 0 atom stereocenters. The van der Waals surface area contributed by atoms with E-state index in [1.807, 2.05) is 0 Å². The van der Waals surface area contributed by atoms with Gasteiger partial charge >= 0.3 is 0 Å². The maximum Gasteiger partial charge on any atom is 0.254 e. The van der Waals surface area contributed by atoms with Crippen LogP contribution < -0.4 is 9.47 Å². The maximum absolute atomic E-state index is 12.1. The smallest absolute Gasteiger partial charge is 0.254 e. The van der Waals surface area contributed by atoms with Crippen molar-refractivity contribution in [3.05, 3.63) is 23.3 Å². The topological polar surface area (TPSA) is 38.8 Å². The first-order chi connectivity index (χ1) is 8.22. The van der Waals surface area contributed by atoms with E-state index in [2.05, 4.69) is 12.6 Å². The molecule has 1 amide bonds. The largest absolute Gasteiger partial charge is 0.493 e. The van der Waals surface area contributed by atoms with E-state index in [0.29, 0.717) is 35.9 Å². The third-order valence-corrected chi connectivity index (χ3v) is 3.08. The van der Waals surface area contributed by atoms with Crippen LogP contribution in [0.3, 0.4) is 0 Å². The van der Waals surface area contributed by atoms with E-state index in [1.165, 1.54) is 0 Å². The number of methoxy groups -OCH3 is 2. The Labute approximate surface area is 106 Å². The molecule has 0 saturated heterocycles. The molecule has 0 bridgehead atoms. The van der Waals surface area contributed by atoms with Crippen LogP contribution >= 0.6 is 12.6 Å². The minimum Gasteiger partial charge on any atom is -0.493 e. The molecule has 1 aliphatic heterocycles. The Morgan fingerprint density at radius 1 is 1.35 bits per heavy atom. The van der Waals surface area contributed by atoms with E-state index in [9.17, 15) is 4.79 Å². The zero-order valence-corrected chi connectivity index (χ0v) is 10.8. The van der Waals surface area contributed by atoms with Crippen molar-refractivity contribution in [2.24, 2.45) is 0 Å². The van der Waals surface area contributed by atoms with Gasteiger partial charge in [-0.2, -0.15) is 12.6 Å². The van der Waals surface area contributed by atoms with E-state index in [0.717, 1.165) is 5.56 Å². The Kier molecular flexibility index (Phi) is 3.47. The first-order valence-corrected chi connectivity index (χ1v) is 6.00. The molecule has 0 spiro atoms. The number of thiol groups is 1. The van der Waals surface area contributed by atoms with Crippen molar-refractivity contribution in [1.29, 1.82) is 0 Å². The summed E-state index contributed by atoms with van der Waals surface area (Å²) in [5.41, 5.74) is 1.60. The molecule has 0 radical (unpaired) electrons. The lowest BCUT2D eigenvalue weighted by molar-refractivity contribution is 0.0788. The van der Waals surface area contributed by atoms with Gasteiger partial charge in [-0.3, -0.25) is 4.79 Å². The summed E-state index contributed by atoms with van der Waals surface area (Å²) in [5, 5.41) is 0. The van der Waals surface area contributed by atoms with Gasteiger partial charge < -0.3 is 14.4 Å². The SMILES string of the molecule is COc1ccc2c(c1OC)CN(CCS)C2=O. The molecule has 0 N–H and O–H groups in total. The zero-order valence-electron chi connectivity index (χ0n) is 9.90. The molecule has 4 nitrogen and oxygen atoms in total. The highest BCUT2D eigenvalue weighted by Crippen LogP contribution is 2.38. The molecule has 0 fully saturated rings. The fourth-order valence-electron chi connectivity index (χ4n) is 2.08. The Hall–Kier alpha value is -1.36. The predicted octanol–water partition coefficient (Wildman–Crippen LogP) is 1.59. The number of benzene rings is 1. The lowest BCUT2D eigenvalue weighted by Gasteiger charge is -2.13. The molecule has 1 aromatic rings. The Morgan fingerprint density at radius 2 is 2.12 bits per heavy atom. The van der Waals surface area contributed by atoms with Gasteiger partial charge in [0.2, 0.25) is 0 Å². The molecule has 1 aliphatic rings. The number of carbonyl (C=O) groups is 1. The molecule has 92 valence electrons. The maximum atomic E-state index is 12.1. The molecule has 1 heterocycles. The summed E-state index contributed by atoms with van der Waals surface area (Å²) in [7, 11) is 3.18. The molecule has 0 aliphatic carbocycles. The van der Waals surface area contributed by atoms with E-state index >= 15 is 0 Å². The molecule has 0 saturated carbocycles. The molecule has 17 heavy (non-hydrogen) atoms. The minimum atomic E-state index is 0.0370. The number of ether oxygens (including phenoxy) is 2. The molecular weight excluding hydrogens is 238 g/mol. The zero-order chi connectivity index (χ0) is 12.4. The van der Waals surface area contributed by atoms with Crippen LogP contribution in [0.15, 0.2) is 12.1 Å². The first kappa shape index (κ1) is 12.1.